The second-order valence-corrected chi connectivity index (χ2v) is 4.57. The largest absolute Gasteiger partial charge is 0.381 e. The molecule has 0 aliphatic carbocycles. The van der Waals surface area contributed by atoms with Crippen molar-refractivity contribution < 1.29 is 18.0 Å². The zero-order chi connectivity index (χ0) is 15.4. The molecule has 0 saturated heterocycles. The monoisotopic (exact) mass is 294 g/mol. The Balaban J connectivity index is 2.01. The number of carbonyl (C=O) groups is 1. The molecule has 3 nitrogen and oxygen atoms in total. The summed E-state index contributed by atoms with van der Waals surface area (Å²) in [5, 5.41) is 2.94. The third-order valence-electron chi connectivity index (χ3n) is 2.87. The minimum Gasteiger partial charge on any atom is -0.381 e. The summed E-state index contributed by atoms with van der Waals surface area (Å²) in [4.78, 5) is 10.8. The first-order chi connectivity index (χ1) is 9.95. The summed E-state index contributed by atoms with van der Waals surface area (Å²) in [6.07, 6.45) is 0.147. The number of hydrogen-bond donors (Lipinski definition) is 2. The highest BCUT2D eigenvalue weighted by molar-refractivity contribution is 5.76. The molecule has 0 saturated carbocycles. The first kappa shape index (κ1) is 14.9. The van der Waals surface area contributed by atoms with E-state index in [1.165, 1.54) is 0 Å². The van der Waals surface area contributed by atoms with Crippen molar-refractivity contribution >= 4 is 11.6 Å². The molecular weight excluding hydrogens is 281 g/mol. The number of nitrogens with two attached hydrogens (primary N) is 1. The molecular formula is C15H13F3N2O. The third-order valence-corrected chi connectivity index (χ3v) is 2.87. The summed E-state index contributed by atoms with van der Waals surface area (Å²) in [5.41, 5.74) is 6.84. The van der Waals surface area contributed by atoms with Gasteiger partial charge >= 0.3 is 0 Å². The summed E-state index contributed by atoms with van der Waals surface area (Å²) >= 11 is 0. The minimum absolute atomic E-state index is 0.142. The predicted octanol–water partition coefficient (Wildman–Crippen LogP) is 2.74. The van der Waals surface area contributed by atoms with Crippen LogP contribution in [-0.4, -0.2) is 5.91 Å². The average molecular weight is 294 g/mol. The fourth-order valence-electron chi connectivity index (χ4n) is 1.86. The molecule has 0 aromatic heterocycles. The van der Waals surface area contributed by atoms with Crippen molar-refractivity contribution in [3.8, 4) is 0 Å². The lowest BCUT2D eigenvalue weighted by Crippen LogP contribution is -2.13. The standard InChI is InChI=1S/C15H13F3N2O/c16-12-5-10(6-13(17)15(12)18)8-20-11-3-1-9(2-4-11)7-14(19)21/h1-6,20H,7-8H2,(H2,19,21). The van der Waals surface area contributed by atoms with Gasteiger partial charge in [-0.1, -0.05) is 12.1 Å². The van der Waals surface area contributed by atoms with Crippen molar-refractivity contribution in [2.24, 2.45) is 5.73 Å². The van der Waals surface area contributed by atoms with Crippen molar-refractivity contribution in [2.45, 2.75) is 13.0 Å². The molecule has 110 valence electrons. The van der Waals surface area contributed by atoms with Gasteiger partial charge in [-0.2, -0.15) is 0 Å². The van der Waals surface area contributed by atoms with E-state index in [0.717, 1.165) is 17.7 Å². The van der Waals surface area contributed by atoms with Gasteiger partial charge in [0.2, 0.25) is 5.91 Å². The van der Waals surface area contributed by atoms with Gasteiger partial charge in [0, 0.05) is 12.2 Å². The van der Waals surface area contributed by atoms with Crippen molar-refractivity contribution in [3.05, 3.63) is 65.0 Å². The van der Waals surface area contributed by atoms with Crippen LogP contribution in [0.4, 0.5) is 18.9 Å². The van der Waals surface area contributed by atoms with Crippen LogP contribution < -0.4 is 11.1 Å². The molecule has 0 fully saturated rings. The van der Waals surface area contributed by atoms with Gasteiger partial charge in [-0.3, -0.25) is 4.79 Å². The van der Waals surface area contributed by atoms with Gasteiger partial charge in [-0.15, -0.1) is 0 Å². The van der Waals surface area contributed by atoms with Gasteiger partial charge in [-0.25, -0.2) is 13.2 Å². The predicted molar refractivity (Wildman–Crippen MR) is 73.0 cm³/mol. The molecule has 2 aromatic rings. The molecule has 6 heteroatoms. The van der Waals surface area contributed by atoms with E-state index in [4.69, 9.17) is 5.73 Å². The average Bonchev–Trinajstić information content (AvgIpc) is 2.43. The van der Waals surface area contributed by atoms with Crippen LogP contribution in [-0.2, 0) is 17.8 Å². The molecule has 0 radical (unpaired) electrons. The van der Waals surface area contributed by atoms with E-state index >= 15 is 0 Å². The van der Waals surface area contributed by atoms with Crippen LogP contribution in [0, 0.1) is 17.5 Å². The van der Waals surface area contributed by atoms with Crippen LogP contribution in [0.5, 0.6) is 0 Å². The zero-order valence-electron chi connectivity index (χ0n) is 11.0. The highest BCUT2D eigenvalue weighted by atomic mass is 19.2. The molecule has 0 aliphatic heterocycles. The second-order valence-electron chi connectivity index (χ2n) is 4.57. The van der Waals surface area contributed by atoms with Gasteiger partial charge in [0.25, 0.3) is 0 Å². The molecule has 0 heterocycles. The van der Waals surface area contributed by atoms with E-state index in [1.54, 1.807) is 24.3 Å². The number of halogens is 3. The van der Waals surface area contributed by atoms with Gasteiger partial charge in [0.15, 0.2) is 17.5 Å². The van der Waals surface area contributed by atoms with Crippen LogP contribution in [0.25, 0.3) is 0 Å². The maximum atomic E-state index is 13.1. The minimum atomic E-state index is -1.48. The van der Waals surface area contributed by atoms with E-state index in [-0.39, 0.29) is 18.5 Å². The quantitative estimate of drug-likeness (QED) is 0.833. The van der Waals surface area contributed by atoms with Gasteiger partial charge < -0.3 is 11.1 Å². The van der Waals surface area contributed by atoms with Crippen LogP contribution in [0.3, 0.4) is 0 Å². The zero-order valence-corrected chi connectivity index (χ0v) is 11.0. The lowest BCUT2D eigenvalue weighted by molar-refractivity contribution is -0.117. The Hall–Kier alpha value is -2.50. The Labute approximate surface area is 119 Å². The van der Waals surface area contributed by atoms with Crippen LogP contribution in [0.15, 0.2) is 36.4 Å². The van der Waals surface area contributed by atoms with E-state index < -0.39 is 23.4 Å². The molecule has 1 amide bonds. The SMILES string of the molecule is NC(=O)Cc1ccc(NCc2cc(F)c(F)c(F)c2)cc1. The molecule has 0 unspecified atom stereocenters. The lowest BCUT2D eigenvalue weighted by atomic mass is 10.1. The number of primary amides is 1. The molecule has 0 bridgehead atoms. The number of nitrogens with one attached hydrogen (secondary N) is 1. The Morgan fingerprint density at radius 3 is 2.10 bits per heavy atom. The fraction of sp³-hybridized carbons (Fsp3) is 0.133. The summed E-state index contributed by atoms with van der Waals surface area (Å²) in [6, 6.07) is 8.75. The van der Waals surface area contributed by atoms with Crippen molar-refractivity contribution in [1.82, 2.24) is 0 Å². The number of anilines is 1. The Morgan fingerprint density at radius 2 is 1.57 bits per heavy atom. The molecule has 2 rings (SSSR count). The lowest BCUT2D eigenvalue weighted by Gasteiger charge is -2.08. The van der Waals surface area contributed by atoms with E-state index in [1.807, 2.05) is 0 Å². The topological polar surface area (TPSA) is 55.1 Å². The molecule has 0 aliphatic rings. The van der Waals surface area contributed by atoms with Gasteiger partial charge in [-0.05, 0) is 35.4 Å². The van der Waals surface area contributed by atoms with Gasteiger partial charge in [0.05, 0.1) is 6.42 Å². The highest BCUT2D eigenvalue weighted by Gasteiger charge is 2.10. The Bertz CT molecular complexity index is 633. The summed E-state index contributed by atoms with van der Waals surface area (Å²) in [6.45, 7) is 0.142. The van der Waals surface area contributed by atoms with Crippen molar-refractivity contribution in [2.75, 3.05) is 5.32 Å². The number of benzene rings is 2. The summed E-state index contributed by atoms with van der Waals surface area (Å²) in [5.74, 6) is -4.34. The van der Waals surface area contributed by atoms with E-state index in [2.05, 4.69) is 5.32 Å². The first-order valence-corrected chi connectivity index (χ1v) is 6.20. The smallest absolute Gasteiger partial charge is 0.221 e. The maximum Gasteiger partial charge on any atom is 0.221 e. The molecule has 21 heavy (non-hydrogen) atoms. The van der Waals surface area contributed by atoms with Gasteiger partial charge in [0.1, 0.15) is 0 Å². The summed E-state index contributed by atoms with van der Waals surface area (Å²) < 4.78 is 38.9. The number of carbonyl (C=O) groups excluding carboxylic acids is 1. The van der Waals surface area contributed by atoms with Crippen molar-refractivity contribution in [1.29, 1.82) is 0 Å². The molecule has 0 spiro atoms. The van der Waals surface area contributed by atoms with E-state index in [0.29, 0.717) is 5.69 Å². The first-order valence-electron chi connectivity index (χ1n) is 6.20. The number of hydrogen-bond acceptors (Lipinski definition) is 2. The number of amides is 1. The highest BCUT2D eigenvalue weighted by Crippen LogP contribution is 2.16. The molecule has 0 atom stereocenters. The number of rotatable bonds is 5. The fourth-order valence-corrected chi connectivity index (χ4v) is 1.86. The molecule has 3 N–H and O–H groups in total. The normalized spacial score (nSPS) is 10.4. The Kier molecular flexibility index (Phi) is 4.47. The second kappa shape index (κ2) is 6.30. The Morgan fingerprint density at radius 1 is 1.00 bits per heavy atom. The van der Waals surface area contributed by atoms with E-state index in [9.17, 15) is 18.0 Å². The summed E-state index contributed by atoms with van der Waals surface area (Å²) in [7, 11) is 0. The maximum absolute atomic E-state index is 13.1. The van der Waals surface area contributed by atoms with Crippen LogP contribution >= 0.6 is 0 Å². The van der Waals surface area contributed by atoms with Crippen molar-refractivity contribution in [3.63, 3.8) is 0 Å². The molecule has 2 aromatic carbocycles. The van der Waals surface area contributed by atoms with Crippen LogP contribution in [0.1, 0.15) is 11.1 Å². The third kappa shape index (κ3) is 3.98. The van der Waals surface area contributed by atoms with Crippen LogP contribution in [0.2, 0.25) is 0 Å².